The number of hydrogen-bond donors (Lipinski definition) is 1. The van der Waals surface area contributed by atoms with Crippen LogP contribution in [0.15, 0.2) is 35.1 Å². The predicted octanol–water partition coefficient (Wildman–Crippen LogP) is 2.82. The van der Waals surface area contributed by atoms with Crippen molar-refractivity contribution in [2.45, 2.75) is 0 Å². The van der Waals surface area contributed by atoms with E-state index in [-0.39, 0.29) is 5.82 Å². The van der Waals surface area contributed by atoms with Crippen molar-refractivity contribution in [2.24, 2.45) is 0 Å². The minimum Gasteiger partial charge on any atom is -0.358 e. The number of nitrogens with one attached hydrogen (secondary N) is 1. The van der Waals surface area contributed by atoms with Gasteiger partial charge in [0.25, 0.3) is 0 Å². The van der Waals surface area contributed by atoms with Crippen LogP contribution in [0.25, 0.3) is 5.69 Å². The normalized spacial score (nSPS) is 10.3. The second-order valence-corrected chi connectivity index (χ2v) is 3.82. The Hall–Kier alpha value is -1.36. The SMILES string of the molecule is CNc1nccn1-c1cc(F)ccc1Br. The summed E-state index contributed by atoms with van der Waals surface area (Å²) in [6, 6.07) is 4.53. The molecule has 0 spiro atoms. The largest absolute Gasteiger partial charge is 0.358 e. The van der Waals surface area contributed by atoms with Crippen LogP contribution in [0.4, 0.5) is 10.3 Å². The Morgan fingerprint density at radius 1 is 1.47 bits per heavy atom. The average molecular weight is 270 g/mol. The smallest absolute Gasteiger partial charge is 0.207 e. The van der Waals surface area contributed by atoms with Crippen LogP contribution >= 0.6 is 15.9 Å². The Bertz CT molecular complexity index is 481. The number of benzene rings is 1. The molecule has 0 unspecified atom stereocenters. The van der Waals surface area contributed by atoms with E-state index in [0.717, 1.165) is 10.2 Å². The van der Waals surface area contributed by atoms with Gasteiger partial charge in [-0.15, -0.1) is 0 Å². The molecule has 0 saturated heterocycles. The summed E-state index contributed by atoms with van der Waals surface area (Å²) >= 11 is 3.37. The average Bonchev–Trinajstić information content (AvgIpc) is 2.69. The van der Waals surface area contributed by atoms with E-state index in [2.05, 4.69) is 26.2 Å². The third-order valence-electron chi connectivity index (χ3n) is 2.03. The first-order valence-corrected chi connectivity index (χ1v) is 5.18. The van der Waals surface area contributed by atoms with E-state index in [1.165, 1.54) is 12.1 Å². The highest BCUT2D eigenvalue weighted by Crippen LogP contribution is 2.24. The van der Waals surface area contributed by atoms with E-state index in [0.29, 0.717) is 5.95 Å². The predicted molar refractivity (Wildman–Crippen MR) is 60.8 cm³/mol. The molecule has 1 aromatic carbocycles. The second-order valence-electron chi connectivity index (χ2n) is 2.97. The number of aromatic nitrogens is 2. The van der Waals surface area contributed by atoms with Crippen molar-refractivity contribution in [2.75, 3.05) is 12.4 Å². The van der Waals surface area contributed by atoms with Gasteiger partial charge in [-0.1, -0.05) is 0 Å². The first-order valence-electron chi connectivity index (χ1n) is 4.39. The standard InChI is InChI=1S/C10H9BrFN3/c1-13-10-14-4-5-15(10)9-6-7(12)2-3-8(9)11/h2-6H,1H3,(H,13,14). The summed E-state index contributed by atoms with van der Waals surface area (Å²) in [5.41, 5.74) is 0.719. The molecule has 0 aliphatic carbocycles. The maximum atomic E-state index is 13.1. The first-order chi connectivity index (χ1) is 7.22. The van der Waals surface area contributed by atoms with E-state index < -0.39 is 0 Å². The zero-order valence-electron chi connectivity index (χ0n) is 8.04. The van der Waals surface area contributed by atoms with Crippen LogP contribution in [0.2, 0.25) is 0 Å². The van der Waals surface area contributed by atoms with Crippen molar-refractivity contribution in [3.05, 3.63) is 40.9 Å². The van der Waals surface area contributed by atoms with Crippen LogP contribution in [0.1, 0.15) is 0 Å². The maximum Gasteiger partial charge on any atom is 0.207 e. The van der Waals surface area contributed by atoms with Gasteiger partial charge in [-0.3, -0.25) is 4.57 Å². The van der Waals surface area contributed by atoms with Crippen LogP contribution in [0.5, 0.6) is 0 Å². The quantitative estimate of drug-likeness (QED) is 0.909. The van der Waals surface area contributed by atoms with Gasteiger partial charge in [-0.05, 0) is 34.1 Å². The number of nitrogens with zero attached hydrogens (tertiary/aromatic N) is 2. The van der Waals surface area contributed by atoms with Crippen LogP contribution in [0, 0.1) is 5.82 Å². The molecule has 0 atom stereocenters. The summed E-state index contributed by atoms with van der Waals surface area (Å²) in [6.07, 6.45) is 3.43. The Kier molecular flexibility index (Phi) is 2.73. The Labute approximate surface area is 95.1 Å². The second kappa shape index (κ2) is 4.02. The summed E-state index contributed by atoms with van der Waals surface area (Å²) in [4.78, 5) is 4.09. The molecular weight excluding hydrogens is 261 g/mol. The molecule has 78 valence electrons. The lowest BCUT2D eigenvalue weighted by molar-refractivity contribution is 0.626. The number of imidazole rings is 1. The molecule has 2 rings (SSSR count). The van der Waals surface area contributed by atoms with Crippen LogP contribution in [-0.4, -0.2) is 16.6 Å². The van der Waals surface area contributed by atoms with E-state index in [1.807, 2.05) is 0 Å². The molecule has 0 bridgehead atoms. The van der Waals surface area contributed by atoms with E-state index in [1.54, 1.807) is 30.1 Å². The van der Waals surface area contributed by atoms with Gasteiger partial charge in [0.1, 0.15) is 5.82 Å². The molecule has 0 aliphatic heterocycles. The fourth-order valence-electron chi connectivity index (χ4n) is 1.35. The monoisotopic (exact) mass is 269 g/mol. The zero-order chi connectivity index (χ0) is 10.8. The molecule has 5 heteroatoms. The number of hydrogen-bond acceptors (Lipinski definition) is 2. The number of rotatable bonds is 2. The highest BCUT2D eigenvalue weighted by molar-refractivity contribution is 9.10. The van der Waals surface area contributed by atoms with Crippen molar-refractivity contribution in [3.8, 4) is 5.69 Å². The van der Waals surface area contributed by atoms with Crippen LogP contribution in [0.3, 0.4) is 0 Å². The minimum atomic E-state index is -0.274. The van der Waals surface area contributed by atoms with Crippen LogP contribution in [-0.2, 0) is 0 Å². The van der Waals surface area contributed by atoms with Crippen molar-refractivity contribution >= 4 is 21.9 Å². The topological polar surface area (TPSA) is 29.9 Å². The molecule has 1 heterocycles. The molecule has 0 saturated carbocycles. The Morgan fingerprint density at radius 3 is 3.00 bits per heavy atom. The third-order valence-corrected chi connectivity index (χ3v) is 2.70. The van der Waals surface area contributed by atoms with Gasteiger partial charge in [-0.25, -0.2) is 9.37 Å². The van der Waals surface area contributed by atoms with Gasteiger partial charge >= 0.3 is 0 Å². The van der Waals surface area contributed by atoms with Gasteiger partial charge < -0.3 is 5.32 Å². The van der Waals surface area contributed by atoms with Gasteiger partial charge in [0.2, 0.25) is 5.95 Å². The molecule has 1 N–H and O–H groups in total. The summed E-state index contributed by atoms with van der Waals surface area (Å²) in [7, 11) is 1.77. The fraction of sp³-hybridized carbons (Fsp3) is 0.100. The molecule has 1 aromatic heterocycles. The van der Waals surface area contributed by atoms with E-state index in [4.69, 9.17) is 0 Å². The maximum absolute atomic E-state index is 13.1. The lowest BCUT2D eigenvalue weighted by atomic mass is 10.3. The highest BCUT2D eigenvalue weighted by atomic mass is 79.9. The summed E-state index contributed by atoms with van der Waals surface area (Å²) in [5.74, 6) is 0.394. The van der Waals surface area contributed by atoms with Crippen molar-refractivity contribution < 1.29 is 4.39 Å². The Morgan fingerprint density at radius 2 is 2.27 bits per heavy atom. The van der Waals surface area contributed by atoms with Gasteiger partial charge in [0, 0.05) is 23.9 Å². The summed E-state index contributed by atoms with van der Waals surface area (Å²) in [5, 5.41) is 2.93. The first kappa shape index (κ1) is 10.2. The minimum absolute atomic E-state index is 0.274. The molecule has 0 radical (unpaired) electrons. The van der Waals surface area contributed by atoms with E-state index in [9.17, 15) is 4.39 Å². The van der Waals surface area contributed by atoms with Crippen LogP contribution < -0.4 is 5.32 Å². The zero-order valence-corrected chi connectivity index (χ0v) is 9.62. The lowest BCUT2D eigenvalue weighted by Gasteiger charge is -2.09. The highest BCUT2D eigenvalue weighted by Gasteiger charge is 2.07. The number of anilines is 1. The molecule has 3 nitrogen and oxygen atoms in total. The molecule has 15 heavy (non-hydrogen) atoms. The summed E-state index contributed by atoms with van der Waals surface area (Å²) < 4.78 is 15.7. The fourth-order valence-corrected chi connectivity index (χ4v) is 1.79. The molecule has 0 fully saturated rings. The molecule has 2 aromatic rings. The molecule has 0 amide bonds. The van der Waals surface area contributed by atoms with Crippen molar-refractivity contribution in [1.29, 1.82) is 0 Å². The summed E-state index contributed by atoms with van der Waals surface area (Å²) in [6.45, 7) is 0. The van der Waals surface area contributed by atoms with Gasteiger partial charge in [0.15, 0.2) is 0 Å². The van der Waals surface area contributed by atoms with Crippen molar-refractivity contribution in [3.63, 3.8) is 0 Å². The molecular formula is C10H9BrFN3. The van der Waals surface area contributed by atoms with Gasteiger partial charge in [-0.2, -0.15) is 0 Å². The van der Waals surface area contributed by atoms with Gasteiger partial charge in [0.05, 0.1) is 5.69 Å². The van der Waals surface area contributed by atoms with Crippen molar-refractivity contribution in [1.82, 2.24) is 9.55 Å². The van der Waals surface area contributed by atoms with E-state index >= 15 is 0 Å². The third kappa shape index (κ3) is 1.87. The molecule has 0 aliphatic rings. The lowest BCUT2D eigenvalue weighted by Crippen LogP contribution is -2.01. The Balaban J connectivity index is 2.58. The number of halogens is 2.